The number of hydrogen-bond donors (Lipinski definition) is 1. The summed E-state index contributed by atoms with van der Waals surface area (Å²) < 4.78 is 7.13. The second-order valence-electron chi connectivity index (χ2n) is 8.79. The molecule has 1 saturated heterocycles. The third kappa shape index (κ3) is 4.91. The highest BCUT2D eigenvalue weighted by Crippen LogP contribution is 2.29. The first-order chi connectivity index (χ1) is 16.6. The van der Waals surface area contributed by atoms with Crippen LogP contribution in [0.5, 0.6) is 5.75 Å². The average molecular weight is 472 g/mol. The zero-order chi connectivity index (χ0) is 23.5. The number of nitrogens with one attached hydrogen (secondary N) is 1. The number of likely N-dealkylation sites (tertiary alicyclic amines) is 1. The molecule has 2 radical (unpaired) electrons. The lowest BCUT2D eigenvalue weighted by Gasteiger charge is -2.32. The van der Waals surface area contributed by atoms with E-state index in [0.29, 0.717) is 22.1 Å². The number of methoxy groups -OCH3 is 1. The molecule has 0 saturated carbocycles. The number of anilines is 1. The Morgan fingerprint density at radius 2 is 1.94 bits per heavy atom. The standard InChI is InChI=1S/C26H27BClN5O/c1-34-20-6-4-5-19(13-20)17-32-11-9-18(10-12-32)15-29-25-14-24(21-7-2-3-8-23(21)28)31-26-22(27)16-30-33(25)26/h2-8,13-14,16,18,29H,9-12,15,17H2,1H3. The van der Waals surface area contributed by atoms with Crippen LogP contribution in [0.3, 0.4) is 0 Å². The van der Waals surface area contributed by atoms with E-state index in [1.165, 1.54) is 5.56 Å². The Bertz CT molecular complexity index is 1290. The second kappa shape index (κ2) is 10.1. The van der Waals surface area contributed by atoms with Gasteiger partial charge >= 0.3 is 0 Å². The highest BCUT2D eigenvalue weighted by Gasteiger charge is 2.20. The number of hydrogen-bond acceptors (Lipinski definition) is 5. The van der Waals surface area contributed by atoms with Gasteiger partial charge in [-0.25, -0.2) is 4.98 Å². The third-order valence-electron chi connectivity index (χ3n) is 6.47. The Balaban J connectivity index is 1.25. The molecule has 0 bridgehead atoms. The van der Waals surface area contributed by atoms with Crippen molar-refractivity contribution in [2.24, 2.45) is 5.92 Å². The summed E-state index contributed by atoms with van der Waals surface area (Å²) >= 11 is 6.44. The predicted molar refractivity (Wildman–Crippen MR) is 138 cm³/mol. The van der Waals surface area contributed by atoms with E-state index in [2.05, 4.69) is 33.5 Å². The van der Waals surface area contributed by atoms with Gasteiger partial charge in [0.05, 0.1) is 12.8 Å². The second-order valence-corrected chi connectivity index (χ2v) is 9.20. The van der Waals surface area contributed by atoms with Crippen molar-refractivity contribution in [1.29, 1.82) is 0 Å². The first-order valence-electron chi connectivity index (χ1n) is 11.6. The van der Waals surface area contributed by atoms with Crippen molar-refractivity contribution in [1.82, 2.24) is 19.5 Å². The van der Waals surface area contributed by atoms with Gasteiger partial charge in [-0.2, -0.15) is 9.61 Å². The summed E-state index contributed by atoms with van der Waals surface area (Å²) in [5.74, 6) is 2.37. The van der Waals surface area contributed by atoms with Crippen molar-refractivity contribution >= 4 is 36.4 Å². The molecule has 0 aliphatic carbocycles. The Kier molecular flexibility index (Phi) is 6.74. The Morgan fingerprint density at radius 1 is 1.12 bits per heavy atom. The van der Waals surface area contributed by atoms with Crippen molar-refractivity contribution in [3.63, 3.8) is 0 Å². The van der Waals surface area contributed by atoms with E-state index < -0.39 is 0 Å². The molecule has 0 atom stereocenters. The molecular weight excluding hydrogens is 445 g/mol. The zero-order valence-corrected chi connectivity index (χ0v) is 20.0. The van der Waals surface area contributed by atoms with Gasteiger partial charge in [0.1, 0.15) is 19.4 Å². The maximum Gasteiger partial charge on any atom is 0.150 e. The minimum absolute atomic E-state index is 0.544. The fourth-order valence-corrected chi connectivity index (χ4v) is 4.77. The van der Waals surface area contributed by atoms with Crippen LogP contribution in [-0.4, -0.2) is 54.1 Å². The van der Waals surface area contributed by atoms with E-state index in [9.17, 15) is 0 Å². The van der Waals surface area contributed by atoms with Gasteiger partial charge in [0.2, 0.25) is 0 Å². The lowest BCUT2D eigenvalue weighted by atomic mass is 9.96. The Morgan fingerprint density at radius 3 is 2.74 bits per heavy atom. The van der Waals surface area contributed by atoms with Crippen LogP contribution in [0.15, 0.2) is 60.8 Å². The van der Waals surface area contributed by atoms with Crippen molar-refractivity contribution in [3.8, 4) is 17.0 Å². The summed E-state index contributed by atoms with van der Waals surface area (Å²) in [5, 5.41) is 8.69. The van der Waals surface area contributed by atoms with Crippen LogP contribution >= 0.6 is 11.6 Å². The highest BCUT2D eigenvalue weighted by atomic mass is 35.5. The average Bonchev–Trinajstić information content (AvgIpc) is 3.24. The number of ether oxygens (including phenoxy) is 1. The van der Waals surface area contributed by atoms with Gasteiger partial charge in [-0.1, -0.05) is 41.9 Å². The van der Waals surface area contributed by atoms with Crippen LogP contribution in [0, 0.1) is 5.92 Å². The summed E-state index contributed by atoms with van der Waals surface area (Å²) in [6.07, 6.45) is 3.93. The lowest BCUT2D eigenvalue weighted by molar-refractivity contribution is 0.182. The van der Waals surface area contributed by atoms with Crippen molar-refractivity contribution in [2.45, 2.75) is 19.4 Å². The first kappa shape index (κ1) is 22.8. The van der Waals surface area contributed by atoms with Crippen LogP contribution in [0.2, 0.25) is 5.02 Å². The van der Waals surface area contributed by atoms with Crippen LogP contribution in [0.4, 0.5) is 5.82 Å². The molecule has 2 aromatic carbocycles. The van der Waals surface area contributed by atoms with E-state index in [1.54, 1.807) is 17.8 Å². The topological polar surface area (TPSA) is 54.7 Å². The highest BCUT2D eigenvalue weighted by molar-refractivity contribution is 6.36. The molecule has 5 rings (SSSR count). The quantitative estimate of drug-likeness (QED) is 0.410. The van der Waals surface area contributed by atoms with Gasteiger partial charge in [-0.3, -0.25) is 4.90 Å². The number of nitrogens with zero attached hydrogens (tertiary/aromatic N) is 4. The van der Waals surface area contributed by atoms with Crippen LogP contribution in [0.1, 0.15) is 18.4 Å². The number of fused-ring (bicyclic) bond motifs is 1. The van der Waals surface area contributed by atoms with Crippen LogP contribution < -0.4 is 15.5 Å². The maximum atomic E-state index is 6.44. The van der Waals surface area contributed by atoms with Gasteiger partial charge in [0, 0.05) is 35.9 Å². The van der Waals surface area contributed by atoms with Gasteiger partial charge in [0.25, 0.3) is 0 Å². The molecular formula is C26H27BClN5O. The molecule has 6 nitrogen and oxygen atoms in total. The lowest BCUT2D eigenvalue weighted by Crippen LogP contribution is -2.35. The third-order valence-corrected chi connectivity index (χ3v) is 6.80. The number of piperidine rings is 1. The zero-order valence-electron chi connectivity index (χ0n) is 19.2. The summed E-state index contributed by atoms with van der Waals surface area (Å²) in [7, 11) is 7.86. The van der Waals surface area contributed by atoms with Crippen LogP contribution in [-0.2, 0) is 6.54 Å². The van der Waals surface area contributed by atoms with Gasteiger partial charge < -0.3 is 10.1 Å². The van der Waals surface area contributed by atoms with Gasteiger partial charge in [0.15, 0.2) is 5.65 Å². The van der Waals surface area contributed by atoms with E-state index in [0.717, 1.165) is 61.8 Å². The number of aromatic nitrogens is 3. The molecule has 1 aliphatic rings. The fourth-order valence-electron chi connectivity index (χ4n) is 4.54. The van der Waals surface area contributed by atoms with E-state index in [-0.39, 0.29) is 0 Å². The molecule has 0 unspecified atom stereocenters. The fraction of sp³-hybridized carbons (Fsp3) is 0.308. The molecule has 1 N–H and O–H groups in total. The van der Waals surface area contributed by atoms with Crippen molar-refractivity contribution < 1.29 is 4.74 Å². The molecule has 0 amide bonds. The molecule has 3 heterocycles. The number of benzene rings is 2. The Labute approximate surface area is 206 Å². The Hall–Kier alpha value is -3.03. The smallest absolute Gasteiger partial charge is 0.150 e. The first-order valence-corrected chi connectivity index (χ1v) is 12.0. The van der Waals surface area contributed by atoms with E-state index >= 15 is 0 Å². The molecule has 34 heavy (non-hydrogen) atoms. The van der Waals surface area contributed by atoms with Crippen molar-refractivity contribution in [3.05, 3.63) is 71.4 Å². The minimum atomic E-state index is 0.544. The summed E-state index contributed by atoms with van der Waals surface area (Å²) in [5.41, 5.74) is 4.12. The molecule has 1 aliphatic heterocycles. The minimum Gasteiger partial charge on any atom is -0.497 e. The number of rotatable bonds is 7. The summed E-state index contributed by atoms with van der Waals surface area (Å²) in [6, 6.07) is 18.0. The summed E-state index contributed by atoms with van der Waals surface area (Å²) in [6.45, 7) is 3.98. The number of halogens is 1. The van der Waals surface area contributed by atoms with Gasteiger partial charge in [-0.05, 0) is 61.1 Å². The van der Waals surface area contributed by atoms with E-state index in [4.69, 9.17) is 29.2 Å². The predicted octanol–water partition coefficient (Wildman–Crippen LogP) is 4.18. The monoisotopic (exact) mass is 471 g/mol. The molecule has 0 spiro atoms. The molecule has 1 fully saturated rings. The molecule has 172 valence electrons. The summed E-state index contributed by atoms with van der Waals surface area (Å²) in [4.78, 5) is 7.23. The molecule has 4 aromatic rings. The molecule has 8 heteroatoms. The van der Waals surface area contributed by atoms with Crippen molar-refractivity contribution in [2.75, 3.05) is 32.1 Å². The van der Waals surface area contributed by atoms with Crippen LogP contribution in [0.25, 0.3) is 16.9 Å². The van der Waals surface area contributed by atoms with E-state index in [1.807, 2.05) is 36.4 Å². The SMILES string of the molecule is [B]c1cnn2c(NCC3CCN(Cc4cccc(OC)c4)CC3)cc(-c3ccccc3Cl)nc12. The maximum absolute atomic E-state index is 6.44. The largest absolute Gasteiger partial charge is 0.497 e. The normalized spacial score (nSPS) is 15.0. The molecule has 2 aromatic heterocycles. The van der Waals surface area contributed by atoms with Gasteiger partial charge in [-0.15, -0.1) is 0 Å².